The predicted molar refractivity (Wildman–Crippen MR) is 127 cm³/mol. The van der Waals surface area contributed by atoms with E-state index < -0.39 is 25.8 Å². The third kappa shape index (κ3) is 4.23. The summed E-state index contributed by atoms with van der Waals surface area (Å²) in [5.41, 5.74) is -0.956. The van der Waals surface area contributed by atoms with Gasteiger partial charge in [0.1, 0.15) is 0 Å². The number of aliphatic hydroxyl groups excluding tert-OH is 1. The zero-order chi connectivity index (χ0) is 22.9. The van der Waals surface area contributed by atoms with Gasteiger partial charge in [-0.1, -0.05) is 95.3 Å². The highest BCUT2D eigenvalue weighted by molar-refractivity contribution is 6.99. The zero-order valence-electron chi connectivity index (χ0n) is 19.3. The molecule has 0 aromatic heterocycles. The van der Waals surface area contributed by atoms with Gasteiger partial charge in [0.2, 0.25) is 0 Å². The van der Waals surface area contributed by atoms with Crippen molar-refractivity contribution in [3.8, 4) is 0 Å². The van der Waals surface area contributed by atoms with Crippen molar-refractivity contribution >= 4 is 24.7 Å². The summed E-state index contributed by atoms with van der Waals surface area (Å²) in [7, 11) is -2.82. The van der Waals surface area contributed by atoms with E-state index >= 15 is 0 Å². The number of rotatable bonds is 6. The molecular weight excluding hydrogens is 404 g/mol. The van der Waals surface area contributed by atoms with Crippen LogP contribution >= 0.6 is 0 Å². The van der Waals surface area contributed by atoms with Gasteiger partial charge in [-0.2, -0.15) is 0 Å². The van der Waals surface area contributed by atoms with Gasteiger partial charge >= 0.3 is 5.97 Å². The lowest BCUT2D eigenvalue weighted by atomic mass is 9.66. The highest BCUT2D eigenvalue weighted by Gasteiger charge is 2.55. The Labute approximate surface area is 187 Å². The molecule has 0 spiro atoms. The minimum absolute atomic E-state index is 0.138. The summed E-state index contributed by atoms with van der Waals surface area (Å²) in [6.07, 6.45) is 0.133. The summed E-state index contributed by atoms with van der Waals surface area (Å²) in [5, 5.41) is 23.1. The molecule has 2 N–H and O–H groups in total. The average molecular weight is 441 g/mol. The first kappa shape index (κ1) is 23.7. The van der Waals surface area contributed by atoms with Crippen LogP contribution in [-0.4, -0.2) is 36.7 Å². The maximum Gasteiger partial charge on any atom is 0.309 e. The summed E-state index contributed by atoms with van der Waals surface area (Å²) in [4.78, 5) is 12.3. The molecule has 0 amide bonds. The van der Waals surface area contributed by atoms with E-state index in [1.807, 2.05) is 50.2 Å². The Hall–Kier alpha value is -1.95. The van der Waals surface area contributed by atoms with Gasteiger partial charge in [0.05, 0.1) is 17.6 Å². The highest BCUT2D eigenvalue weighted by Crippen LogP contribution is 2.46. The van der Waals surface area contributed by atoms with E-state index in [-0.39, 0.29) is 23.5 Å². The first-order valence-electron chi connectivity index (χ1n) is 11.3. The zero-order valence-corrected chi connectivity index (χ0v) is 20.3. The van der Waals surface area contributed by atoms with E-state index in [4.69, 9.17) is 4.43 Å². The fourth-order valence-corrected chi connectivity index (χ4v) is 9.94. The Morgan fingerprint density at radius 1 is 1.03 bits per heavy atom. The molecule has 4 atom stereocenters. The lowest BCUT2D eigenvalue weighted by Crippen LogP contribution is -2.69. The minimum atomic E-state index is -2.82. The molecule has 1 fully saturated rings. The summed E-state index contributed by atoms with van der Waals surface area (Å²) in [5.74, 6) is -0.974. The fraction of sp³-hybridized carbons (Fsp3) is 0.500. The smallest absolute Gasteiger partial charge is 0.309 e. The lowest BCUT2D eigenvalue weighted by molar-refractivity contribution is -0.161. The number of carboxylic acid groups (broad SMARTS) is 1. The van der Waals surface area contributed by atoms with Crippen LogP contribution in [0.2, 0.25) is 5.04 Å². The van der Waals surface area contributed by atoms with Gasteiger partial charge in [0.15, 0.2) is 0 Å². The molecule has 0 aliphatic heterocycles. The van der Waals surface area contributed by atoms with Crippen LogP contribution in [0.25, 0.3) is 0 Å². The topological polar surface area (TPSA) is 66.8 Å². The van der Waals surface area contributed by atoms with Crippen LogP contribution < -0.4 is 10.4 Å². The van der Waals surface area contributed by atoms with Crippen molar-refractivity contribution in [3.05, 3.63) is 60.7 Å². The van der Waals surface area contributed by atoms with Gasteiger partial charge in [-0.05, 0) is 34.7 Å². The molecule has 2 aromatic carbocycles. The van der Waals surface area contributed by atoms with E-state index in [0.717, 1.165) is 0 Å². The molecule has 31 heavy (non-hydrogen) atoms. The monoisotopic (exact) mass is 440 g/mol. The van der Waals surface area contributed by atoms with Gasteiger partial charge in [-0.25, -0.2) is 0 Å². The van der Waals surface area contributed by atoms with E-state index in [1.54, 1.807) is 0 Å². The van der Waals surface area contributed by atoms with Crippen LogP contribution in [0.1, 0.15) is 53.9 Å². The maximum absolute atomic E-state index is 12.3. The molecule has 0 radical (unpaired) electrons. The van der Waals surface area contributed by atoms with Gasteiger partial charge < -0.3 is 14.6 Å². The number of carbonyl (C=O) groups is 1. The molecule has 168 valence electrons. The van der Waals surface area contributed by atoms with Crippen LogP contribution in [0, 0.1) is 11.3 Å². The van der Waals surface area contributed by atoms with Crippen LogP contribution in [0.5, 0.6) is 0 Å². The van der Waals surface area contributed by atoms with Gasteiger partial charge in [0.25, 0.3) is 8.32 Å². The molecule has 1 aliphatic rings. The molecule has 3 rings (SSSR count). The number of aliphatic hydroxyl groups is 1. The van der Waals surface area contributed by atoms with E-state index in [1.165, 1.54) is 10.4 Å². The van der Waals surface area contributed by atoms with Gasteiger partial charge in [-0.3, -0.25) is 4.79 Å². The molecule has 0 bridgehead atoms. The maximum atomic E-state index is 12.3. The highest BCUT2D eigenvalue weighted by atomic mass is 28.4. The molecule has 1 aliphatic carbocycles. The van der Waals surface area contributed by atoms with E-state index in [9.17, 15) is 15.0 Å². The number of carboxylic acids is 1. The van der Waals surface area contributed by atoms with Crippen molar-refractivity contribution in [1.82, 2.24) is 0 Å². The number of hydrogen-bond donors (Lipinski definition) is 2. The minimum Gasteiger partial charge on any atom is -0.481 e. The van der Waals surface area contributed by atoms with Crippen LogP contribution in [0.3, 0.4) is 0 Å². The number of benzene rings is 2. The largest absolute Gasteiger partial charge is 0.481 e. The van der Waals surface area contributed by atoms with Gasteiger partial charge in [0, 0.05) is 5.92 Å². The normalized spacial score (nSPS) is 27.1. The standard InChI is InChI=1S/C26H36O4Si/c1-6-26(24(28)29)17-22(27)19(2)23(18-26)30-31(25(3,4)5,20-13-9-7-10-14-20)21-15-11-8-12-16-21/h7-16,19,22-23,27H,6,17-18H2,1-5H3,(H,28,29)/t19-,22+,23+,26+/m1/s1. The number of hydrogen-bond acceptors (Lipinski definition) is 3. The predicted octanol–water partition coefficient (Wildman–Crippen LogP) is 4.20. The molecule has 2 aromatic rings. The fourth-order valence-electron chi connectivity index (χ4n) is 5.17. The first-order valence-corrected chi connectivity index (χ1v) is 13.2. The van der Waals surface area contributed by atoms with Crippen molar-refractivity contribution in [3.63, 3.8) is 0 Å². The van der Waals surface area contributed by atoms with Crippen LogP contribution in [0.15, 0.2) is 60.7 Å². The average Bonchev–Trinajstić information content (AvgIpc) is 2.75. The second-order valence-corrected chi connectivity index (χ2v) is 14.3. The van der Waals surface area contributed by atoms with Gasteiger partial charge in [-0.15, -0.1) is 0 Å². The molecule has 4 nitrogen and oxygen atoms in total. The van der Waals surface area contributed by atoms with Crippen molar-refractivity contribution in [2.24, 2.45) is 11.3 Å². The third-order valence-corrected chi connectivity index (χ3v) is 12.3. The Balaban J connectivity index is 2.18. The van der Waals surface area contributed by atoms with Crippen molar-refractivity contribution in [2.75, 3.05) is 0 Å². The van der Waals surface area contributed by atoms with Crippen molar-refractivity contribution < 1.29 is 19.4 Å². The molecule has 1 saturated carbocycles. The second kappa shape index (κ2) is 8.89. The lowest BCUT2D eigenvalue weighted by Gasteiger charge is -2.50. The quantitative estimate of drug-likeness (QED) is 0.661. The van der Waals surface area contributed by atoms with Crippen molar-refractivity contribution in [2.45, 2.75) is 71.1 Å². The molecule has 5 heteroatoms. The SMILES string of the molecule is CC[C@@]1(C(=O)O)C[C@H](O[Si](c2ccccc2)(c2ccccc2)C(C)(C)C)[C@H](C)[C@@H](O)C1. The molecule has 0 heterocycles. The first-order chi connectivity index (χ1) is 14.6. The van der Waals surface area contributed by atoms with Crippen LogP contribution in [-0.2, 0) is 9.22 Å². The summed E-state index contributed by atoms with van der Waals surface area (Å²) >= 11 is 0. The summed E-state index contributed by atoms with van der Waals surface area (Å²) in [6, 6.07) is 20.7. The summed E-state index contributed by atoms with van der Waals surface area (Å²) < 4.78 is 7.22. The Morgan fingerprint density at radius 3 is 1.90 bits per heavy atom. The van der Waals surface area contributed by atoms with E-state index in [0.29, 0.717) is 12.8 Å². The van der Waals surface area contributed by atoms with Crippen molar-refractivity contribution in [1.29, 1.82) is 0 Å². The van der Waals surface area contributed by atoms with Crippen LogP contribution in [0.4, 0.5) is 0 Å². The summed E-state index contributed by atoms with van der Waals surface area (Å²) in [6.45, 7) is 10.5. The Morgan fingerprint density at radius 2 is 1.52 bits per heavy atom. The second-order valence-electron chi connectivity index (χ2n) is 10.1. The molecule has 0 unspecified atom stereocenters. The molecule has 0 saturated heterocycles. The number of aliphatic carboxylic acids is 1. The Kier molecular flexibility index (Phi) is 6.80. The third-order valence-electron chi connectivity index (χ3n) is 7.26. The van der Waals surface area contributed by atoms with E-state index in [2.05, 4.69) is 45.0 Å². The Bertz CT molecular complexity index is 838. The molecular formula is C26H36O4Si.